The van der Waals surface area contributed by atoms with Gasteiger partial charge in [-0.3, -0.25) is 4.90 Å². The lowest BCUT2D eigenvalue weighted by atomic mass is 10.1. The molecule has 0 atom stereocenters. The molecule has 17 heavy (non-hydrogen) atoms. The number of H-pyrrole nitrogens is 1. The Balaban J connectivity index is 2.10. The van der Waals surface area contributed by atoms with E-state index in [9.17, 15) is 0 Å². The number of aromatic amines is 1. The zero-order valence-corrected chi connectivity index (χ0v) is 12.0. The van der Waals surface area contributed by atoms with E-state index in [1.54, 1.807) is 0 Å². The van der Waals surface area contributed by atoms with Gasteiger partial charge in [0.25, 0.3) is 0 Å². The molecule has 0 fully saturated rings. The number of nitrogens with one attached hydrogen (secondary N) is 1. The third kappa shape index (κ3) is 2.21. The van der Waals surface area contributed by atoms with Gasteiger partial charge in [-0.15, -0.1) is 0 Å². The molecule has 90 valence electrons. The first-order valence-electron chi connectivity index (χ1n) is 5.79. The van der Waals surface area contributed by atoms with Gasteiger partial charge >= 0.3 is 0 Å². The van der Waals surface area contributed by atoms with Crippen molar-refractivity contribution in [1.82, 2.24) is 9.88 Å². The van der Waals surface area contributed by atoms with E-state index < -0.39 is 0 Å². The highest BCUT2D eigenvalue weighted by atomic mass is 127. The largest absolute Gasteiger partial charge is 0.360 e. The topological polar surface area (TPSA) is 28.3 Å². The lowest BCUT2D eigenvalue weighted by Crippen LogP contribution is -2.26. The molecule has 0 saturated heterocycles. The number of benzene rings is 1. The molecule has 0 unspecified atom stereocenters. The Hall–Kier alpha value is -0.590. The lowest BCUT2D eigenvalue weighted by molar-refractivity contribution is 0.0269. The Morgan fingerprint density at radius 1 is 1.41 bits per heavy atom. The van der Waals surface area contributed by atoms with Gasteiger partial charge in [0.15, 0.2) is 0 Å². The monoisotopic (exact) mass is 342 g/mol. The van der Waals surface area contributed by atoms with Gasteiger partial charge in [0, 0.05) is 26.7 Å². The number of hydrogen-bond donors (Lipinski definition) is 1. The fourth-order valence-electron chi connectivity index (χ4n) is 2.36. The van der Waals surface area contributed by atoms with E-state index >= 15 is 0 Å². The number of likely N-dealkylation sites (N-methyl/N-ethyl adjacent to an activating group) is 1. The highest BCUT2D eigenvalue weighted by Gasteiger charge is 2.15. The number of rotatable bonds is 0. The van der Waals surface area contributed by atoms with Crippen molar-refractivity contribution in [1.29, 1.82) is 0 Å². The molecule has 4 heteroatoms. The summed E-state index contributed by atoms with van der Waals surface area (Å²) in [6.07, 6.45) is 1.09. The van der Waals surface area contributed by atoms with Crippen molar-refractivity contribution in [2.75, 3.05) is 20.3 Å². The van der Waals surface area contributed by atoms with Crippen LogP contribution in [0.2, 0.25) is 0 Å². The van der Waals surface area contributed by atoms with Crippen LogP contribution < -0.4 is 0 Å². The first kappa shape index (κ1) is 11.5. The molecule has 1 N–H and O–H groups in total. The van der Waals surface area contributed by atoms with Crippen molar-refractivity contribution >= 4 is 33.5 Å². The van der Waals surface area contributed by atoms with Gasteiger partial charge in [-0.2, -0.15) is 0 Å². The van der Waals surface area contributed by atoms with Crippen LogP contribution in [0.5, 0.6) is 0 Å². The van der Waals surface area contributed by atoms with E-state index in [-0.39, 0.29) is 0 Å². The average molecular weight is 342 g/mol. The van der Waals surface area contributed by atoms with E-state index in [1.807, 2.05) is 0 Å². The van der Waals surface area contributed by atoms with Crippen LogP contribution in [-0.2, 0) is 17.8 Å². The number of hydrogen-bond acceptors (Lipinski definition) is 2. The summed E-state index contributed by atoms with van der Waals surface area (Å²) >= 11 is 2.35. The van der Waals surface area contributed by atoms with Crippen LogP contribution in [0.3, 0.4) is 0 Å². The number of ether oxygens (including phenoxy) is 1. The standard InChI is InChI=1S/C13H15IN2O/c1-16-5-4-11-10-3-2-9(14)6-12(10)15-13(11)7-17-8-16/h2-3,6,15H,4-5,7-8H2,1H3. The quantitative estimate of drug-likeness (QED) is 0.746. The summed E-state index contributed by atoms with van der Waals surface area (Å²) in [7, 11) is 2.10. The van der Waals surface area contributed by atoms with Crippen LogP contribution in [0.25, 0.3) is 10.9 Å². The first-order chi connectivity index (χ1) is 8.24. The van der Waals surface area contributed by atoms with Crippen molar-refractivity contribution in [2.45, 2.75) is 13.0 Å². The summed E-state index contributed by atoms with van der Waals surface area (Å²) in [5.74, 6) is 0. The number of halogens is 1. The predicted molar refractivity (Wildman–Crippen MR) is 77.0 cm³/mol. The van der Waals surface area contributed by atoms with Gasteiger partial charge in [0.05, 0.1) is 13.3 Å². The van der Waals surface area contributed by atoms with Crippen molar-refractivity contribution in [3.05, 3.63) is 33.0 Å². The van der Waals surface area contributed by atoms with Crippen LogP contribution in [0.4, 0.5) is 0 Å². The van der Waals surface area contributed by atoms with Crippen LogP contribution in [-0.4, -0.2) is 30.2 Å². The van der Waals surface area contributed by atoms with Gasteiger partial charge < -0.3 is 9.72 Å². The summed E-state index contributed by atoms with van der Waals surface area (Å²) in [4.78, 5) is 5.71. The molecule has 0 spiro atoms. The summed E-state index contributed by atoms with van der Waals surface area (Å²) in [6, 6.07) is 6.58. The van der Waals surface area contributed by atoms with E-state index in [4.69, 9.17) is 4.74 Å². The average Bonchev–Trinajstić information content (AvgIpc) is 2.60. The first-order valence-corrected chi connectivity index (χ1v) is 6.87. The van der Waals surface area contributed by atoms with Crippen LogP contribution in [0, 0.1) is 3.57 Å². The van der Waals surface area contributed by atoms with Crippen molar-refractivity contribution in [2.24, 2.45) is 0 Å². The van der Waals surface area contributed by atoms with Crippen molar-refractivity contribution in [3.63, 3.8) is 0 Å². The zero-order valence-electron chi connectivity index (χ0n) is 9.79. The number of nitrogens with zero attached hydrogens (tertiary/aromatic N) is 1. The molecular weight excluding hydrogens is 327 g/mol. The van der Waals surface area contributed by atoms with Crippen molar-refractivity contribution < 1.29 is 4.74 Å². The predicted octanol–water partition coefficient (Wildman–Crippen LogP) is 2.73. The van der Waals surface area contributed by atoms with E-state index in [0.717, 1.165) is 13.0 Å². The molecule has 0 amide bonds. The minimum absolute atomic E-state index is 0.685. The molecule has 0 saturated carbocycles. The molecule has 2 aromatic rings. The maximum Gasteiger partial charge on any atom is 0.0993 e. The second-order valence-corrected chi connectivity index (χ2v) is 5.82. The highest BCUT2D eigenvalue weighted by Crippen LogP contribution is 2.26. The normalized spacial score (nSPS) is 17.8. The summed E-state index contributed by atoms with van der Waals surface area (Å²) in [5, 5.41) is 1.35. The lowest BCUT2D eigenvalue weighted by Gasteiger charge is -2.20. The molecule has 0 aliphatic carbocycles. The molecule has 1 aromatic carbocycles. The third-order valence-corrected chi connectivity index (χ3v) is 3.93. The van der Waals surface area contributed by atoms with Gasteiger partial charge in [-0.05, 0) is 53.8 Å². The molecule has 3 rings (SSSR count). The smallest absolute Gasteiger partial charge is 0.0993 e. The maximum atomic E-state index is 5.67. The molecule has 1 aliphatic heterocycles. The van der Waals surface area contributed by atoms with Gasteiger partial charge in [0.2, 0.25) is 0 Å². The number of fused-ring (bicyclic) bond motifs is 3. The zero-order chi connectivity index (χ0) is 11.8. The maximum absolute atomic E-state index is 5.67. The Morgan fingerprint density at radius 2 is 2.29 bits per heavy atom. The summed E-state index contributed by atoms with van der Waals surface area (Å²) in [5.41, 5.74) is 3.90. The fourth-order valence-corrected chi connectivity index (χ4v) is 2.85. The summed E-state index contributed by atoms with van der Waals surface area (Å²) < 4.78 is 6.93. The van der Waals surface area contributed by atoms with Crippen molar-refractivity contribution in [3.8, 4) is 0 Å². The molecule has 0 bridgehead atoms. The molecule has 2 heterocycles. The Bertz CT molecular complexity index is 550. The fraction of sp³-hybridized carbons (Fsp3) is 0.385. The Morgan fingerprint density at radius 3 is 3.18 bits per heavy atom. The summed E-state index contributed by atoms with van der Waals surface area (Å²) in [6.45, 7) is 2.45. The second kappa shape index (κ2) is 4.59. The minimum Gasteiger partial charge on any atom is -0.360 e. The van der Waals surface area contributed by atoms with Gasteiger partial charge in [0.1, 0.15) is 0 Å². The number of aromatic nitrogens is 1. The SMILES string of the molecule is CN1CCc2c([nH]c3cc(I)ccc23)COC1. The van der Waals surface area contributed by atoms with Gasteiger partial charge in [-0.1, -0.05) is 6.07 Å². The third-order valence-electron chi connectivity index (χ3n) is 3.26. The second-order valence-electron chi connectivity index (χ2n) is 4.58. The molecule has 3 nitrogen and oxygen atoms in total. The Labute approximate surface area is 114 Å². The molecule has 1 aliphatic rings. The van der Waals surface area contributed by atoms with E-state index in [2.05, 4.69) is 57.7 Å². The molecule has 0 radical (unpaired) electrons. The molecular formula is C13H15IN2O. The van der Waals surface area contributed by atoms with Crippen LogP contribution in [0.15, 0.2) is 18.2 Å². The van der Waals surface area contributed by atoms with E-state index in [1.165, 1.54) is 25.7 Å². The van der Waals surface area contributed by atoms with Crippen LogP contribution >= 0.6 is 22.6 Å². The highest BCUT2D eigenvalue weighted by molar-refractivity contribution is 14.1. The van der Waals surface area contributed by atoms with Crippen LogP contribution in [0.1, 0.15) is 11.3 Å². The molecule has 1 aromatic heterocycles. The van der Waals surface area contributed by atoms with Gasteiger partial charge in [-0.25, -0.2) is 0 Å². The van der Waals surface area contributed by atoms with E-state index in [0.29, 0.717) is 13.3 Å². The minimum atomic E-state index is 0.685. The Kier molecular flexibility index (Phi) is 3.10.